The molecule has 2 aliphatic heterocycles. The number of thiophene rings is 1. The summed E-state index contributed by atoms with van der Waals surface area (Å²) >= 11 is 1.66. The molecule has 0 amide bonds. The van der Waals surface area contributed by atoms with Crippen molar-refractivity contribution in [2.75, 3.05) is 13.1 Å². The zero-order chi connectivity index (χ0) is 18.6. The topological polar surface area (TPSA) is 50.3 Å². The number of benzene rings is 1. The van der Waals surface area contributed by atoms with Gasteiger partial charge in [0.2, 0.25) is 0 Å². The number of rotatable bonds is 3. The van der Waals surface area contributed by atoms with E-state index in [9.17, 15) is 8.42 Å². The van der Waals surface area contributed by atoms with Crippen LogP contribution in [0.25, 0.3) is 11.1 Å². The number of hydrogen-bond acceptors (Lipinski definition) is 5. The van der Waals surface area contributed by atoms with Gasteiger partial charge < -0.3 is 0 Å². The van der Waals surface area contributed by atoms with Crippen molar-refractivity contribution in [1.82, 2.24) is 9.88 Å². The molecule has 0 bridgehead atoms. The van der Waals surface area contributed by atoms with Crippen LogP contribution >= 0.6 is 11.3 Å². The molecule has 2 aliphatic rings. The maximum absolute atomic E-state index is 13.1. The molecule has 0 unspecified atom stereocenters. The Hall–Kier alpha value is -2.02. The molecule has 0 saturated carbocycles. The van der Waals surface area contributed by atoms with E-state index in [1.807, 2.05) is 42.6 Å². The molecule has 2 aromatic heterocycles. The quantitative estimate of drug-likeness (QED) is 0.674. The average Bonchev–Trinajstić information content (AvgIpc) is 3.34. The first-order valence-electron chi connectivity index (χ1n) is 9.08. The van der Waals surface area contributed by atoms with Crippen LogP contribution in [0.15, 0.2) is 58.1 Å². The van der Waals surface area contributed by atoms with Crippen LogP contribution in [0.5, 0.6) is 0 Å². The fraction of sp³-hybridized carbons (Fsp3) is 0.286. The van der Waals surface area contributed by atoms with Crippen molar-refractivity contribution in [3.8, 4) is 11.1 Å². The number of hydrogen-bond donors (Lipinski definition) is 0. The Kier molecular flexibility index (Phi) is 3.96. The van der Waals surface area contributed by atoms with Gasteiger partial charge in [-0.25, -0.2) is 8.42 Å². The normalized spacial score (nSPS) is 23.3. The van der Waals surface area contributed by atoms with E-state index >= 15 is 0 Å². The van der Waals surface area contributed by atoms with Gasteiger partial charge in [-0.2, -0.15) is 11.3 Å². The second kappa shape index (κ2) is 6.26. The Morgan fingerprint density at radius 1 is 1.15 bits per heavy atom. The van der Waals surface area contributed by atoms with Crippen LogP contribution in [0.3, 0.4) is 0 Å². The lowest BCUT2D eigenvalue weighted by molar-refractivity contribution is 0.321. The highest BCUT2D eigenvalue weighted by Crippen LogP contribution is 2.46. The standard InChI is InChI=1S/C21H20N2O2S2/c1-14-3-2-4-17(22-14)10-23-11-19-18-9-15(16-7-8-26-13-16)5-6-20(18)27(24,25)21(19)12-23/h2-9,13,19,21H,10-12H2,1H3/t19-,21+/m1/s1. The molecule has 4 nitrogen and oxygen atoms in total. The Bertz CT molecular complexity index is 1110. The van der Waals surface area contributed by atoms with Crippen LogP contribution in [0.2, 0.25) is 0 Å². The van der Waals surface area contributed by atoms with E-state index in [1.54, 1.807) is 11.3 Å². The Labute approximate surface area is 163 Å². The first-order chi connectivity index (χ1) is 13.0. The van der Waals surface area contributed by atoms with Crippen LogP contribution in [0, 0.1) is 6.92 Å². The van der Waals surface area contributed by atoms with Gasteiger partial charge in [0.05, 0.1) is 15.8 Å². The van der Waals surface area contributed by atoms with Crippen molar-refractivity contribution in [3.05, 3.63) is 70.2 Å². The van der Waals surface area contributed by atoms with Gasteiger partial charge in [0.15, 0.2) is 9.84 Å². The van der Waals surface area contributed by atoms with E-state index in [2.05, 4.69) is 27.4 Å². The van der Waals surface area contributed by atoms with E-state index in [-0.39, 0.29) is 11.2 Å². The predicted octanol–water partition coefficient (Wildman–Crippen LogP) is 3.87. The molecule has 27 heavy (non-hydrogen) atoms. The molecule has 6 heteroatoms. The van der Waals surface area contributed by atoms with Crippen LogP contribution in [0.4, 0.5) is 0 Å². The first kappa shape index (κ1) is 17.1. The van der Waals surface area contributed by atoms with Gasteiger partial charge in [0.1, 0.15) is 0 Å². The summed E-state index contributed by atoms with van der Waals surface area (Å²) < 4.78 is 26.2. The van der Waals surface area contributed by atoms with Gasteiger partial charge in [-0.15, -0.1) is 0 Å². The smallest absolute Gasteiger partial charge is 0.183 e. The number of likely N-dealkylation sites (tertiary alicyclic amines) is 1. The molecule has 0 spiro atoms. The molecule has 5 rings (SSSR count). The number of nitrogens with zero attached hydrogens (tertiary/aromatic N) is 2. The summed E-state index contributed by atoms with van der Waals surface area (Å²) in [5.74, 6) is 0.0494. The largest absolute Gasteiger partial charge is 0.296 e. The third-order valence-electron chi connectivity index (χ3n) is 5.64. The zero-order valence-corrected chi connectivity index (χ0v) is 16.6. The molecule has 1 aromatic carbocycles. The van der Waals surface area contributed by atoms with Gasteiger partial charge >= 0.3 is 0 Å². The number of pyridine rings is 1. The fourth-order valence-corrected chi connectivity index (χ4v) is 7.24. The van der Waals surface area contributed by atoms with E-state index < -0.39 is 9.84 Å². The zero-order valence-electron chi connectivity index (χ0n) is 15.0. The number of aryl methyl sites for hydroxylation is 1. The van der Waals surface area contributed by atoms with Gasteiger partial charge in [-0.3, -0.25) is 9.88 Å². The molecule has 2 atom stereocenters. The molecular formula is C21H20N2O2S2. The maximum Gasteiger partial charge on any atom is 0.183 e. The molecule has 0 radical (unpaired) electrons. The average molecular weight is 397 g/mol. The van der Waals surface area contributed by atoms with Crippen molar-refractivity contribution < 1.29 is 8.42 Å². The highest BCUT2D eigenvalue weighted by molar-refractivity contribution is 7.92. The van der Waals surface area contributed by atoms with Crippen molar-refractivity contribution in [2.24, 2.45) is 0 Å². The van der Waals surface area contributed by atoms with E-state index in [4.69, 9.17) is 0 Å². The predicted molar refractivity (Wildman–Crippen MR) is 108 cm³/mol. The van der Waals surface area contributed by atoms with Crippen molar-refractivity contribution in [2.45, 2.75) is 29.5 Å². The monoisotopic (exact) mass is 396 g/mol. The minimum Gasteiger partial charge on any atom is -0.296 e. The third-order valence-corrected chi connectivity index (χ3v) is 8.59. The fourth-order valence-electron chi connectivity index (χ4n) is 4.38. The van der Waals surface area contributed by atoms with Crippen molar-refractivity contribution in [3.63, 3.8) is 0 Å². The second-order valence-electron chi connectivity index (χ2n) is 7.42. The molecule has 0 N–H and O–H groups in total. The van der Waals surface area contributed by atoms with Crippen LogP contribution in [-0.2, 0) is 16.4 Å². The maximum atomic E-state index is 13.1. The summed E-state index contributed by atoms with van der Waals surface area (Å²) in [4.78, 5) is 7.33. The van der Waals surface area contributed by atoms with Crippen LogP contribution < -0.4 is 0 Å². The minimum atomic E-state index is -3.26. The SMILES string of the molecule is Cc1cccc(CN2C[C@@H]3c4cc(-c5ccsc5)ccc4S(=O)(=O)[C@H]3C2)n1. The number of aromatic nitrogens is 1. The molecule has 0 aliphatic carbocycles. The summed E-state index contributed by atoms with van der Waals surface area (Å²) in [6, 6.07) is 13.9. The van der Waals surface area contributed by atoms with Crippen LogP contribution in [-0.4, -0.2) is 36.6 Å². The summed E-state index contributed by atoms with van der Waals surface area (Å²) in [6.07, 6.45) is 0. The van der Waals surface area contributed by atoms with E-state index in [0.717, 1.165) is 34.6 Å². The van der Waals surface area contributed by atoms with E-state index in [0.29, 0.717) is 18.0 Å². The minimum absolute atomic E-state index is 0.0494. The van der Waals surface area contributed by atoms with Gasteiger partial charge in [-0.05, 0) is 64.7 Å². The summed E-state index contributed by atoms with van der Waals surface area (Å²) in [5, 5.41) is 3.82. The lowest BCUT2D eigenvalue weighted by Crippen LogP contribution is -2.26. The molecule has 1 saturated heterocycles. The van der Waals surface area contributed by atoms with E-state index in [1.165, 1.54) is 0 Å². The second-order valence-corrected chi connectivity index (χ2v) is 10.3. The molecule has 3 aromatic rings. The number of fused-ring (bicyclic) bond motifs is 3. The molecule has 4 heterocycles. The van der Waals surface area contributed by atoms with Crippen LogP contribution in [0.1, 0.15) is 22.9 Å². The van der Waals surface area contributed by atoms with Gasteiger partial charge in [0.25, 0.3) is 0 Å². The van der Waals surface area contributed by atoms with Gasteiger partial charge in [-0.1, -0.05) is 12.1 Å². The summed E-state index contributed by atoms with van der Waals surface area (Å²) in [6.45, 7) is 4.02. The highest BCUT2D eigenvalue weighted by Gasteiger charge is 2.50. The van der Waals surface area contributed by atoms with Crippen molar-refractivity contribution in [1.29, 1.82) is 0 Å². The lowest BCUT2D eigenvalue weighted by Gasteiger charge is -2.17. The van der Waals surface area contributed by atoms with Gasteiger partial charge in [0, 0.05) is 31.2 Å². The summed E-state index contributed by atoms with van der Waals surface area (Å²) in [7, 11) is -3.26. The van der Waals surface area contributed by atoms with Crippen molar-refractivity contribution >= 4 is 21.2 Å². The third kappa shape index (κ3) is 2.83. The Morgan fingerprint density at radius 2 is 2.04 bits per heavy atom. The molecule has 1 fully saturated rings. The number of sulfone groups is 1. The Balaban J connectivity index is 1.47. The molecular weight excluding hydrogens is 376 g/mol. The highest BCUT2D eigenvalue weighted by atomic mass is 32.2. The Morgan fingerprint density at radius 3 is 2.81 bits per heavy atom. The first-order valence-corrected chi connectivity index (χ1v) is 11.6. The summed E-state index contributed by atoms with van der Waals surface area (Å²) in [5.41, 5.74) is 5.24. The molecule has 138 valence electrons. The lowest BCUT2D eigenvalue weighted by atomic mass is 9.95.